The Hall–Kier alpha value is -4.11. The molecule has 3 aromatic carbocycles. The quantitative estimate of drug-likeness (QED) is 0.365. The SMILES string of the molecule is Cc1ccc(CN(C(=O)Cn2nnc3ccccc32)[C@H](C(=O)NC[C@@H]2CCCO2)c2ccccc2F)cc1. The van der Waals surface area contributed by atoms with Crippen molar-refractivity contribution in [1.82, 2.24) is 25.2 Å². The van der Waals surface area contributed by atoms with Gasteiger partial charge < -0.3 is 15.0 Å². The van der Waals surface area contributed by atoms with E-state index in [0.29, 0.717) is 24.2 Å². The van der Waals surface area contributed by atoms with Crippen molar-refractivity contribution in [2.45, 2.75) is 45.0 Å². The van der Waals surface area contributed by atoms with Crippen LogP contribution in [-0.2, 0) is 27.4 Å². The Balaban J connectivity index is 1.50. The number of amides is 2. The van der Waals surface area contributed by atoms with Gasteiger partial charge in [0, 0.05) is 25.3 Å². The number of fused-ring (bicyclic) bond motifs is 1. The van der Waals surface area contributed by atoms with Crippen LogP contribution in [0.3, 0.4) is 0 Å². The van der Waals surface area contributed by atoms with Crippen LogP contribution in [0.1, 0.15) is 35.6 Å². The lowest BCUT2D eigenvalue weighted by Crippen LogP contribution is -2.46. The second-order valence-electron chi connectivity index (χ2n) is 9.55. The minimum atomic E-state index is -1.19. The van der Waals surface area contributed by atoms with Crippen LogP contribution >= 0.6 is 0 Å². The van der Waals surface area contributed by atoms with Crippen molar-refractivity contribution >= 4 is 22.8 Å². The lowest BCUT2D eigenvalue weighted by atomic mass is 10.0. The molecule has 1 aromatic heterocycles. The van der Waals surface area contributed by atoms with Gasteiger partial charge in [-0.2, -0.15) is 0 Å². The Morgan fingerprint density at radius 2 is 1.87 bits per heavy atom. The maximum Gasteiger partial charge on any atom is 0.247 e. The summed E-state index contributed by atoms with van der Waals surface area (Å²) in [5.41, 5.74) is 3.37. The van der Waals surface area contributed by atoms with E-state index < -0.39 is 17.8 Å². The first-order chi connectivity index (χ1) is 18.5. The molecule has 9 heteroatoms. The van der Waals surface area contributed by atoms with Crippen molar-refractivity contribution in [3.8, 4) is 0 Å². The van der Waals surface area contributed by atoms with Crippen LogP contribution < -0.4 is 5.32 Å². The van der Waals surface area contributed by atoms with Crippen LogP contribution in [0.4, 0.5) is 4.39 Å². The zero-order chi connectivity index (χ0) is 26.5. The number of aromatic nitrogens is 3. The molecular weight excluding hydrogens is 485 g/mol. The smallest absolute Gasteiger partial charge is 0.247 e. The van der Waals surface area contributed by atoms with Gasteiger partial charge in [-0.05, 0) is 43.5 Å². The highest BCUT2D eigenvalue weighted by Gasteiger charge is 2.34. The number of hydrogen-bond acceptors (Lipinski definition) is 5. The fraction of sp³-hybridized carbons (Fsp3) is 0.310. The molecule has 4 aromatic rings. The molecule has 38 heavy (non-hydrogen) atoms. The molecule has 2 atom stereocenters. The van der Waals surface area contributed by atoms with E-state index in [-0.39, 0.29) is 30.7 Å². The predicted octanol–water partition coefficient (Wildman–Crippen LogP) is 3.94. The number of rotatable bonds is 9. The molecule has 196 valence electrons. The standard InChI is InChI=1S/C29H30FN5O3/c1-20-12-14-21(15-13-20)18-34(27(36)19-35-26-11-5-4-10-25(26)32-33-35)28(23-8-2-3-9-24(23)30)29(37)31-17-22-7-6-16-38-22/h2-5,8-15,22,28H,6-7,16-19H2,1H3,(H,31,37)/t22-,28-/m0/s1. The van der Waals surface area contributed by atoms with E-state index in [2.05, 4.69) is 15.6 Å². The summed E-state index contributed by atoms with van der Waals surface area (Å²) in [7, 11) is 0. The van der Waals surface area contributed by atoms with Crippen molar-refractivity contribution in [3.05, 3.63) is 95.3 Å². The van der Waals surface area contributed by atoms with E-state index in [1.54, 1.807) is 18.2 Å². The van der Waals surface area contributed by atoms with Gasteiger partial charge in [-0.15, -0.1) is 5.10 Å². The lowest BCUT2D eigenvalue weighted by Gasteiger charge is -2.32. The molecule has 0 spiro atoms. The van der Waals surface area contributed by atoms with Gasteiger partial charge in [-0.3, -0.25) is 9.59 Å². The first-order valence-electron chi connectivity index (χ1n) is 12.8. The van der Waals surface area contributed by atoms with Gasteiger partial charge in [-0.25, -0.2) is 9.07 Å². The number of carbonyl (C=O) groups excluding carboxylic acids is 2. The molecule has 8 nitrogen and oxygen atoms in total. The fourth-order valence-electron chi connectivity index (χ4n) is 4.73. The van der Waals surface area contributed by atoms with E-state index in [9.17, 15) is 9.59 Å². The van der Waals surface area contributed by atoms with E-state index in [4.69, 9.17) is 4.74 Å². The molecule has 2 heterocycles. The third-order valence-corrected chi connectivity index (χ3v) is 6.79. The Morgan fingerprint density at radius 3 is 2.63 bits per heavy atom. The number of ether oxygens (including phenoxy) is 1. The molecule has 0 radical (unpaired) electrons. The van der Waals surface area contributed by atoms with E-state index >= 15 is 4.39 Å². The zero-order valence-electron chi connectivity index (χ0n) is 21.2. The summed E-state index contributed by atoms with van der Waals surface area (Å²) < 4.78 is 22.3. The first kappa shape index (κ1) is 25.5. The summed E-state index contributed by atoms with van der Waals surface area (Å²) in [4.78, 5) is 29.0. The normalized spacial score (nSPS) is 15.9. The average molecular weight is 516 g/mol. The second-order valence-corrected chi connectivity index (χ2v) is 9.55. The van der Waals surface area contributed by atoms with Crippen molar-refractivity contribution in [3.63, 3.8) is 0 Å². The number of benzene rings is 3. The first-order valence-corrected chi connectivity index (χ1v) is 12.8. The largest absolute Gasteiger partial charge is 0.376 e. The molecule has 1 N–H and O–H groups in total. The summed E-state index contributed by atoms with van der Waals surface area (Å²) in [6, 6.07) is 19.9. The maximum atomic E-state index is 15.2. The monoisotopic (exact) mass is 515 g/mol. The molecule has 0 unspecified atom stereocenters. The van der Waals surface area contributed by atoms with Crippen LogP contribution in [0.2, 0.25) is 0 Å². The van der Waals surface area contributed by atoms with E-state index in [1.165, 1.54) is 15.6 Å². The Bertz CT molecular complexity index is 1420. The van der Waals surface area contributed by atoms with Crippen LogP contribution in [0.15, 0.2) is 72.8 Å². The summed E-state index contributed by atoms with van der Waals surface area (Å²) in [6.45, 7) is 2.88. The molecule has 1 fully saturated rings. The molecule has 0 aliphatic carbocycles. The lowest BCUT2D eigenvalue weighted by molar-refractivity contribution is -0.142. The van der Waals surface area contributed by atoms with Crippen LogP contribution in [0, 0.1) is 12.7 Å². The maximum absolute atomic E-state index is 15.2. The van der Waals surface area contributed by atoms with Crippen molar-refractivity contribution in [2.24, 2.45) is 0 Å². The van der Waals surface area contributed by atoms with Crippen LogP contribution in [0.5, 0.6) is 0 Å². The number of carbonyl (C=O) groups is 2. The van der Waals surface area contributed by atoms with Gasteiger partial charge >= 0.3 is 0 Å². The van der Waals surface area contributed by atoms with Crippen molar-refractivity contribution < 1.29 is 18.7 Å². The van der Waals surface area contributed by atoms with Gasteiger partial charge in [0.15, 0.2) is 0 Å². The minimum absolute atomic E-state index is 0.0945. The van der Waals surface area contributed by atoms with Crippen molar-refractivity contribution in [2.75, 3.05) is 13.2 Å². The van der Waals surface area contributed by atoms with Crippen LogP contribution in [-0.4, -0.2) is 51.0 Å². The number of aryl methyl sites for hydroxylation is 1. The molecule has 5 rings (SSSR count). The predicted molar refractivity (Wildman–Crippen MR) is 140 cm³/mol. The highest BCUT2D eigenvalue weighted by atomic mass is 19.1. The molecule has 1 saturated heterocycles. The molecule has 1 aliphatic heterocycles. The number of nitrogens with zero attached hydrogens (tertiary/aromatic N) is 4. The third kappa shape index (κ3) is 5.73. The van der Waals surface area contributed by atoms with Gasteiger partial charge in [-0.1, -0.05) is 65.4 Å². The summed E-state index contributed by atoms with van der Waals surface area (Å²) in [5, 5.41) is 11.2. The van der Waals surface area contributed by atoms with E-state index in [1.807, 2.05) is 55.5 Å². The number of hydrogen-bond donors (Lipinski definition) is 1. The van der Waals surface area contributed by atoms with Crippen LogP contribution in [0.25, 0.3) is 11.0 Å². The highest BCUT2D eigenvalue weighted by molar-refractivity contribution is 5.89. The Labute approximate surface area is 220 Å². The molecule has 0 bridgehead atoms. The number of para-hydroxylation sites is 1. The number of nitrogens with one attached hydrogen (secondary N) is 1. The Kier molecular flexibility index (Phi) is 7.74. The third-order valence-electron chi connectivity index (χ3n) is 6.79. The number of halogens is 1. The second kappa shape index (κ2) is 11.5. The topological polar surface area (TPSA) is 89.4 Å². The molecule has 1 aliphatic rings. The highest BCUT2D eigenvalue weighted by Crippen LogP contribution is 2.27. The summed E-state index contributed by atoms with van der Waals surface area (Å²) >= 11 is 0. The van der Waals surface area contributed by atoms with E-state index in [0.717, 1.165) is 24.0 Å². The molecular formula is C29H30FN5O3. The summed E-state index contributed by atoms with van der Waals surface area (Å²) in [6.07, 6.45) is 1.68. The summed E-state index contributed by atoms with van der Waals surface area (Å²) in [5.74, 6) is -1.41. The molecule has 0 saturated carbocycles. The Morgan fingerprint density at radius 1 is 1.11 bits per heavy atom. The average Bonchev–Trinajstić information content (AvgIpc) is 3.60. The van der Waals surface area contributed by atoms with Gasteiger partial charge in [0.2, 0.25) is 11.8 Å². The minimum Gasteiger partial charge on any atom is -0.376 e. The van der Waals surface area contributed by atoms with Gasteiger partial charge in [0.1, 0.15) is 23.9 Å². The zero-order valence-corrected chi connectivity index (χ0v) is 21.2. The van der Waals surface area contributed by atoms with Crippen molar-refractivity contribution in [1.29, 1.82) is 0 Å². The van der Waals surface area contributed by atoms with Gasteiger partial charge in [0.25, 0.3) is 0 Å². The van der Waals surface area contributed by atoms with Gasteiger partial charge in [0.05, 0.1) is 11.6 Å². The molecule has 2 amide bonds. The fourth-order valence-corrected chi connectivity index (χ4v) is 4.73.